The Morgan fingerprint density at radius 2 is 1.11 bits per heavy atom. The van der Waals surface area contributed by atoms with E-state index in [9.17, 15) is 19.8 Å². The van der Waals surface area contributed by atoms with E-state index in [-0.39, 0.29) is 22.6 Å². The minimum atomic E-state index is -0.0551. The molecule has 0 saturated carbocycles. The average Bonchev–Trinajstić information content (AvgIpc) is 3.60. The molecule has 10 heteroatoms. The first-order valence-corrected chi connectivity index (χ1v) is 13.4. The van der Waals surface area contributed by atoms with Crippen LogP contribution in [0.25, 0.3) is 0 Å². The van der Waals surface area contributed by atoms with Gasteiger partial charge in [0.2, 0.25) is 0 Å². The molecule has 38 heavy (non-hydrogen) atoms. The fourth-order valence-electron chi connectivity index (χ4n) is 4.22. The molecule has 0 atom stereocenters. The van der Waals surface area contributed by atoms with Gasteiger partial charge in [-0.05, 0) is 48.5 Å². The summed E-state index contributed by atoms with van der Waals surface area (Å²) in [6.45, 7) is 2.78. The lowest BCUT2D eigenvalue weighted by Gasteiger charge is -2.28. The van der Waals surface area contributed by atoms with Crippen molar-refractivity contribution in [2.75, 3.05) is 13.1 Å². The molecule has 0 fully saturated rings. The van der Waals surface area contributed by atoms with Gasteiger partial charge in [-0.3, -0.25) is 19.4 Å². The molecule has 2 heterocycles. The Balaban J connectivity index is 1.58. The highest BCUT2D eigenvalue weighted by Gasteiger charge is 2.19. The van der Waals surface area contributed by atoms with Crippen molar-refractivity contribution in [1.29, 1.82) is 0 Å². The largest absolute Gasteiger partial charge is 0.507 e. The van der Waals surface area contributed by atoms with Crippen molar-refractivity contribution >= 4 is 44.4 Å². The summed E-state index contributed by atoms with van der Waals surface area (Å²) >= 11 is 6.83. The smallest absolute Gasteiger partial charge is 0.153 e. The van der Waals surface area contributed by atoms with Gasteiger partial charge in [0.05, 0.1) is 36.7 Å². The summed E-state index contributed by atoms with van der Waals surface area (Å²) in [4.78, 5) is 27.1. The van der Waals surface area contributed by atoms with E-state index in [0.29, 0.717) is 71.9 Å². The number of rotatable bonds is 13. The molecule has 8 nitrogen and oxygen atoms in total. The summed E-state index contributed by atoms with van der Waals surface area (Å²) < 4.78 is 12.5. The number of hydrogen-bond acceptors (Lipinski definition) is 8. The number of halogens is 2. The Labute approximate surface area is 236 Å². The topological polar surface area (TPSA) is 107 Å². The number of hydrogen-bond donors (Lipinski definition) is 2. The van der Waals surface area contributed by atoms with Crippen LogP contribution in [-0.2, 0) is 26.2 Å². The van der Waals surface area contributed by atoms with E-state index in [1.807, 2.05) is 24.3 Å². The highest BCUT2D eigenvalue weighted by atomic mass is 79.9. The number of benzene rings is 2. The van der Waals surface area contributed by atoms with Crippen molar-refractivity contribution in [3.05, 3.63) is 104 Å². The zero-order valence-corrected chi connectivity index (χ0v) is 23.5. The highest BCUT2D eigenvalue weighted by Crippen LogP contribution is 2.29. The van der Waals surface area contributed by atoms with Crippen molar-refractivity contribution < 1.29 is 28.6 Å². The predicted molar refractivity (Wildman–Crippen MR) is 148 cm³/mol. The number of carbonyl (C=O) groups is 2. The van der Waals surface area contributed by atoms with Crippen LogP contribution in [0.1, 0.15) is 43.4 Å². The normalized spacial score (nSPS) is 11.4. The lowest BCUT2D eigenvalue weighted by Crippen LogP contribution is -2.34. The fraction of sp³-hybridized carbons (Fsp3) is 0.214. The number of aromatic hydroxyl groups is 2. The summed E-state index contributed by atoms with van der Waals surface area (Å²) in [7, 11) is 0. The molecule has 2 aromatic heterocycles. The van der Waals surface area contributed by atoms with Crippen molar-refractivity contribution in [3.8, 4) is 11.5 Å². The second-order valence-electron chi connectivity index (χ2n) is 8.82. The summed E-state index contributed by atoms with van der Waals surface area (Å²) in [5.74, 6) is 1.40. The molecule has 198 valence electrons. The first-order valence-electron chi connectivity index (χ1n) is 11.8. The zero-order chi connectivity index (χ0) is 27.1. The van der Waals surface area contributed by atoms with E-state index in [4.69, 9.17) is 8.83 Å². The standard InChI is InChI=1S/C28H26Br2N2O6/c29-23-9-19(27(35)21(11-23)17-33)13-31(15-25-3-1-7-37-25)5-6-32(16-26-4-2-8-38-26)14-20-10-24(30)12-22(18-34)28(20)36/h1-4,7-12,17-18,35-36H,5-6,13-16H2. The van der Waals surface area contributed by atoms with Crippen molar-refractivity contribution in [1.82, 2.24) is 9.80 Å². The van der Waals surface area contributed by atoms with Crippen LogP contribution in [-0.4, -0.2) is 45.7 Å². The van der Waals surface area contributed by atoms with Gasteiger partial charge in [-0.2, -0.15) is 0 Å². The summed E-state index contributed by atoms with van der Waals surface area (Å²) in [5.41, 5.74) is 1.63. The molecular weight excluding hydrogens is 620 g/mol. The SMILES string of the molecule is O=Cc1cc(Br)cc(CN(CCN(Cc2ccco2)Cc2cc(Br)cc(C=O)c2O)Cc2ccco2)c1O. The van der Waals surface area contributed by atoms with Crippen molar-refractivity contribution in [2.24, 2.45) is 0 Å². The molecule has 0 aliphatic carbocycles. The Morgan fingerprint density at radius 3 is 1.45 bits per heavy atom. The van der Waals surface area contributed by atoms with Crippen molar-refractivity contribution in [3.63, 3.8) is 0 Å². The highest BCUT2D eigenvalue weighted by molar-refractivity contribution is 9.10. The Bertz CT molecular complexity index is 1270. The lowest BCUT2D eigenvalue weighted by atomic mass is 10.1. The minimum absolute atomic E-state index is 0.0551. The summed E-state index contributed by atoms with van der Waals surface area (Å²) in [5, 5.41) is 21.3. The van der Waals surface area contributed by atoms with E-state index in [1.165, 1.54) is 0 Å². The summed E-state index contributed by atoms with van der Waals surface area (Å²) in [6, 6.07) is 14.1. The van der Waals surface area contributed by atoms with Gasteiger partial charge in [-0.1, -0.05) is 31.9 Å². The third kappa shape index (κ3) is 7.22. The molecule has 2 aromatic carbocycles. The van der Waals surface area contributed by atoms with Crippen LogP contribution < -0.4 is 0 Å². The van der Waals surface area contributed by atoms with Crippen LogP contribution in [0.5, 0.6) is 11.5 Å². The quantitative estimate of drug-likeness (QED) is 0.167. The molecule has 0 unspecified atom stereocenters. The number of phenolic OH excluding ortho intramolecular Hbond substituents is 2. The molecule has 0 aliphatic rings. The van der Waals surface area contributed by atoms with E-state index in [1.54, 1.807) is 36.8 Å². The molecule has 0 radical (unpaired) electrons. The third-order valence-electron chi connectivity index (χ3n) is 6.06. The molecule has 0 aliphatic heterocycles. The van der Waals surface area contributed by atoms with Crippen LogP contribution in [0, 0.1) is 0 Å². The molecule has 2 N–H and O–H groups in total. The van der Waals surface area contributed by atoms with Gasteiger partial charge in [0, 0.05) is 46.3 Å². The first-order chi connectivity index (χ1) is 18.4. The van der Waals surface area contributed by atoms with Gasteiger partial charge < -0.3 is 19.0 Å². The predicted octanol–water partition coefficient (Wildman–Crippen LogP) is 6.14. The maximum Gasteiger partial charge on any atom is 0.153 e. The van der Waals surface area contributed by atoms with E-state index >= 15 is 0 Å². The molecular formula is C28H26Br2N2O6. The molecule has 0 amide bonds. The minimum Gasteiger partial charge on any atom is -0.507 e. The third-order valence-corrected chi connectivity index (χ3v) is 6.98. The number of carbonyl (C=O) groups excluding carboxylic acids is 2. The molecule has 4 aromatic rings. The van der Waals surface area contributed by atoms with Gasteiger partial charge in [-0.15, -0.1) is 0 Å². The number of phenols is 2. The van der Waals surface area contributed by atoms with E-state index in [0.717, 1.165) is 11.5 Å². The van der Waals surface area contributed by atoms with Gasteiger partial charge in [0.25, 0.3) is 0 Å². The number of furan rings is 2. The van der Waals surface area contributed by atoms with Gasteiger partial charge in [-0.25, -0.2) is 0 Å². The lowest BCUT2D eigenvalue weighted by molar-refractivity contribution is 0.111. The van der Waals surface area contributed by atoms with Gasteiger partial charge >= 0.3 is 0 Å². The molecule has 0 spiro atoms. The van der Waals surface area contributed by atoms with Crippen LogP contribution >= 0.6 is 31.9 Å². The van der Waals surface area contributed by atoms with Gasteiger partial charge in [0.1, 0.15) is 23.0 Å². The molecule has 0 bridgehead atoms. The van der Waals surface area contributed by atoms with Gasteiger partial charge in [0.15, 0.2) is 12.6 Å². The maximum atomic E-state index is 11.4. The average molecular weight is 646 g/mol. The first kappa shape index (κ1) is 27.8. The monoisotopic (exact) mass is 644 g/mol. The van der Waals surface area contributed by atoms with Crippen LogP contribution in [0.15, 0.2) is 78.8 Å². The van der Waals surface area contributed by atoms with E-state index < -0.39 is 0 Å². The maximum absolute atomic E-state index is 11.4. The number of aldehydes is 2. The van der Waals surface area contributed by atoms with Crippen LogP contribution in [0.4, 0.5) is 0 Å². The Morgan fingerprint density at radius 1 is 0.684 bits per heavy atom. The van der Waals surface area contributed by atoms with Crippen LogP contribution in [0.3, 0.4) is 0 Å². The second-order valence-corrected chi connectivity index (χ2v) is 10.7. The summed E-state index contributed by atoms with van der Waals surface area (Å²) in [6.07, 6.45) is 4.48. The molecule has 0 saturated heterocycles. The molecule has 4 rings (SSSR count). The van der Waals surface area contributed by atoms with Crippen LogP contribution in [0.2, 0.25) is 0 Å². The Kier molecular flexibility index (Phi) is 9.57. The van der Waals surface area contributed by atoms with Crippen molar-refractivity contribution in [2.45, 2.75) is 26.2 Å². The fourth-order valence-corrected chi connectivity index (χ4v) is 5.26. The van der Waals surface area contributed by atoms with E-state index in [2.05, 4.69) is 41.7 Å². The second kappa shape index (κ2) is 13.1. The Hall–Kier alpha value is -3.18. The zero-order valence-electron chi connectivity index (χ0n) is 20.3. The number of nitrogens with zero attached hydrogens (tertiary/aromatic N) is 2.